The summed E-state index contributed by atoms with van der Waals surface area (Å²) < 4.78 is 70.5. The predicted octanol–water partition coefficient (Wildman–Crippen LogP) is 12.2. The number of ether oxygens (including phenoxy) is 2. The summed E-state index contributed by atoms with van der Waals surface area (Å²) >= 11 is 1.07. The van der Waals surface area contributed by atoms with Crippen molar-refractivity contribution >= 4 is 82.2 Å². The van der Waals surface area contributed by atoms with Gasteiger partial charge in [0.2, 0.25) is 0 Å². The zero-order chi connectivity index (χ0) is 43.8. The molecule has 0 N–H and O–H groups in total. The van der Waals surface area contributed by atoms with E-state index < -0.39 is 38.4 Å². The molecule has 6 aromatic rings. The topological polar surface area (TPSA) is 122 Å². The van der Waals surface area contributed by atoms with Crippen LogP contribution in [-0.4, -0.2) is 66.3 Å². The molecular formula is C46H59BrN4O6S2Sn. The van der Waals surface area contributed by atoms with Gasteiger partial charge in [0.1, 0.15) is 5.76 Å². The van der Waals surface area contributed by atoms with E-state index in [-0.39, 0.29) is 9.79 Å². The minimum absolute atomic E-state index is 0.224. The van der Waals surface area contributed by atoms with Crippen LogP contribution in [0.3, 0.4) is 0 Å². The number of halogens is 1. The molecule has 10 nitrogen and oxygen atoms in total. The van der Waals surface area contributed by atoms with Gasteiger partial charge in [-0.25, -0.2) is 34.7 Å². The Kier molecular flexibility index (Phi) is 19.0. The molecule has 2 aromatic carbocycles. The summed E-state index contributed by atoms with van der Waals surface area (Å²) in [4.78, 5) is 8.92. The van der Waals surface area contributed by atoms with Gasteiger partial charge in [-0.2, -0.15) is 0 Å². The van der Waals surface area contributed by atoms with Crippen LogP contribution in [0.15, 0.2) is 141 Å². The van der Waals surface area contributed by atoms with Gasteiger partial charge in [-0.1, -0.05) is 43.0 Å². The zero-order valence-electron chi connectivity index (χ0n) is 35.5. The van der Waals surface area contributed by atoms with Crippen LogP contribution in [0.25, 0.3) is 27.8 Å². The number of unbranched alkanes of at least 4 members (excludes halogenated alkanes) is 3. The molecule has 0 amide bonds. The van der Waals surface area contributed by atoms with Gasteiger partial charge in [0, 0.05) is 45.6 Å². The zero-order valence-corrected chi connectivity index (χ0v) is 41.6. The number of pyridine rings is 2. The number of hydrogen-bond donors (Lipinski definition) is 0. The van der Waals surface area contributed by atoms with Gasteiger partial charge in [-0.3, -0.25) is 0 Å². The molecule has 0 bridgehead atoms. The maximum absolute atomic E-state index is 12.7. The molecule has 4 aromatic heterocycles. The van der Waals surface area contributed by atoms with E-state index in [2.05, 4.69) is 66.8 Å². The molecule has 14 heteroatoms. The van der Waals surface area contributed by atoms with E-state index in [9.17, 15) is 16.8 Å². The van der Waals surface area contributed by atoms with Gasteiger partial charge in [0.15, 0.2) is 11.3 Å². The van der Waals surface area contributed by atoms with Crippen molar-refractivity contribution in [2.45, 2.75) is 96.2 Å². The van der Waals surface area contributed by atoms with E-state index in [1.54, 1.807) is 85.2 Å². The van der Waals surface area contributed by atoms with E-state index in [4.69, 9.17) is 9.47 Å². The van der Waals surface area contributed by atoms with Gasteiger partial charge in [0.05, 0.1) is 16.4 Å². The fourth-order valence-corrected chi connectivity index (χ4v) is 24.5. The summed E-state index contributed by atoms with van der Waals surface area (Å²) in [6.45, 7) is 20.4. The summed E-state index contributed by atoms with van der Waals surface area (Å²) in [7, 11) is -7.26. The second kappa shape index (κ2) is 23.3. The van der Waals surface area contributed by atoms with E-state index in [0.717, 1.165) is 22.0 Å². The summed E-state index contributed by atoms with van der Waals surface area (Å²) in [5, 5.41) is 1.48. The first-order chi connectivity index (χ1) is 28.8. The molecule has 0 saturated carbocycles. The van der Waals surface area contributed by atoms with Gasteiger partial charge in [-0.15, -0.1) is 0 Å². The average molecular weight is 1030 g/mol. The molecule has 6 rings (SSSR count). The first-order valence-corrected chi connectivity index (χ1v) is 31.8. The molecule has 0 aliphatic rings. The summed E-state index contributed by atoms with van der Waals surface area (Å²) in [6.07, 6.45) is 14.3. The van der Waals surface area contributed by atoms with E-state index >= 15 is 0 Å². The Morgan fingerprint density at radius 2 is 1.07 bits per heavy atom. The number of rotatable bonds is 19. The Labute approximate surface area is 369 Å². The Bertz CT molecular complexity index is 2500. The largest absolute Gasteiger partial charge is 0.269 e. The Morgan fingerprint density at radius 3 is 1.50 bits per heavy atom. The molecule has 60 heavy (non-hydrogen) atoms. The summed E-state index contributed by atoms with van der Waals surface area (Å²) in [5.41, 5.74) is 1.53. The van der Waals surface area contributed by atoms with Crippen LogP contribution in [-0.2, 0) is 29.5 Å². The number of nitrogens with zero attached hydrogens (tertiary/aromatic N) is 4. The first kappa shape index (κ1) is 48.7. The second-order valence-corrected chi connectivity index (χ2v) is 32.1. The van der Waals surface area contributed by atoms with E-state index in [1.807, 2.05) is 19.1 Å². The van der Waals surface area contributed by atoms with Crippen molar-refractivity contribution in [3.63, 3.8) is 0 Å². The van der Waals surface area contributed by atoms with Crippen LogP contribution in [0, 0.1) is 0 Å². The standard InChI is InChI=1S/C17H16N2O3S.C13H9BrN2O2S.C4H7O.3C4H9.Sn/c1-3-22-13(2)15-11-14-9-10-19(17(14)18-12-15)23(20,21)16-7-5-4-6-8-16;14-11-8-10-6-7-16(13(10)15-9-11)19(17,18)12-4-2-1-3-5-12;1-3-5-4-2;3*1-3-4-2;/h4-12H,2-3H2,1H3;1-9H;1,4H2,2H3;3*1,3-4H2,2H3;. The number of fused-ring (bicyclic) bond motifs is 2. The number of aromatic nitrogens is 4. The van der Waals surface area contributed by atoms with Crippen molar-refractivity contribution in [3.05, 3.63) is 137 Å². The van der Waals surface area contributed by atoms with Gasteiger partial charge in [-0.05, 0) is 71.4 Å². The molecule has 0 aliphatic heterocycles. The SMILES string of the molecule is C=C(OCC)c1cnc2c(ccn2S(=O)(=O)c2ccccc2)c1.C=[C](OCC)[Sn]([CH2]CCC)([CH2]CCC)[CH2]CCC.O=S(=O)(c1ccccc1)n1ccc2cc(Br)cnc21. The second-order valence-electron chi connectivity index (χ2n) is 14.4. The third kappa shape index (κ3) is 12.3. The van der Waals surface area contributed by atoms with Crippen LogP contribution in [0.2, 0.25) is 13.3 Å². The molecule has 322 valence electrons. The fourth-order valence-electron chi connectivity index (χ4n) is 6.85. The average Bonchev–Trinajstić information content (AvgIpc) is 3.90. The van der Waals surface area contributed by atoms with Crippen molar-refractivity contribution < 1.29 is 26.3 Å². The molecule has 0 fully saturated rings. The normalized spacial score (nSPS) is 11.6. The van der Waals surface area contributed by atoms with Crippen LogP contribution >= 0.6 is 15.9 Å². The molecular weight excluding hydrogens is 967 g/mol. The van der Waals surface area contributed by atoms with Crippen molar-refractivity contribution in [2.24, 2.45) is 0 Å². The Balaban J connectivity index is 0.000000201. The van der Waals surface area contributed by atoms with Crippen molar-refractivity contribution in [3.8, 4) is 0 Å². The Morgan fingerprint density at radius 1 is 0.633 bits per heavy atom. The van der Waals surface area contributed by atoms with Crippen molar-refractivity contribution in [1.82, 2.24) is 17.9 Å². The smallest absolute Gasteiger partial charge is 0.236 e. The van der Waals surface area contributed by atoms with E-state index in [1.165, 1.54) is 75.9 Å². The van der Waals surface area contributed by atoms with Crippen molar-refractivity contribution in [1.29, 1.82) is 0 Å². The molecule has 0 radical (unpaired) electrons. The minimum Gasteiger partial charge on any atom is -0.236 e. The summed E-state index contributed by atoms with van der Waals surface area (Å²) in [6, 6.07) is 23.7. The summed E-state index contributed by atoms with van der Waals surface area (Å²) in [5.74, 6) is 0.514. The van der Waals surface area contributed by atoms with Crippen LogP contribution in [0.1, 0.15) is 78.7 Å². The number of hydrogen-bond acceptors (Lipinski definition) is 8. The molecule has 0 saturated heterocycles. The Hall–Kier alpha value is -3.92. The minimum atomic E-state index is -3.67. The fraction of sp³-hybridized carbons (Fsp3) is 0.348. The molecule has 0 spiro atoms. The first-order valence-electron chi connectivity index (χ1n) is 20.6. The number of benzene rings is 2. The quantitative estimate of drug-likeness (QED) is 0.0581. The predicted molar refractivity (Wildman–Crippen MR) is 252 cm³/mol. The van der Waals surface area contributed by atoms with Crippen LogP contribution < -0.4 is 0 Å². The third-order valence-corrected chi connectivity index (χ3v) is 28.9. The molecule has 0 unspecified atom stereocenters. The maximum atomic E-state index is 12.7. The van der Waals surface area contributed by atoms with Gasteiger partial charge in [0.25, 0.3) is 20.0 Å². The van der Waals surface area contributed by atoms with Crippen molar-refractivity contribution in [2.75, 3.05) is 13.2 Å². The van der Waals surface area contributed by atoms with Gasteiger partial charge >= 0.3 is 120 Å². The monoisotopic (exact) mass is 1030 g/mol. The molecule has 0 atom stereocenters. The van der Waals surface area contributed by atoms with Crippen LogP contribution in [0.5, 0.6) is 0 Å². The molecule has 0 aliphatic carbocycles. The molecule has 4 heterocycles. The van der Waals surface area contributed by atoms with Gasteiger partial charge < -0.3 is 4.74 Å². The third-order valence-electron chi connectivity index (χ3n) is 10.1. The maximum Gasteiger partial charge on any atom is 0.269 e. The van der Waals surface area contributed by atoms with E-state index in [0.29, 0.717) is 29.0 Å². The van der Waals surface area contributed by atoms with Crippen LogP contribution in [0.4, 0.5) is 0 Å².